The summed E-state index contributed by atoms with van der Waals surface area (Å²) in [6.07, 6.45) is -2.01. The fraction of sp³-hybridized carbons (Fsp3) is 0.468. The molecule has 5 fully saturated rings. The zero-order valence-corrected chi connectivity index (χ0v) is 35.3. The summed E-state index contributed by atoms with van der Waals surface area (Å²) < 4.78 is 36.2. The number of rotatable bonds is 13. The van der Waals surface area contributed by atoms with Crippen LogP contribution in [0.25, 0.3) is 6.08 Å². The van der Waals surface area contributed by atoms with Gasteiger partial charge in [0.05, 0.1) is 19.2 Å². The van der Waals surface area contributed by atoms with Gasteiger partial charge in [-0.05, 0) is 44.4 Å². The van der Waals surface area contributed by atoms with Gasteiger partial charge >= 0.3 is 23.9 Å². The van der Waals surface area contributed by atoms with E-state index in [4.69, 9.17) is 33.3 Å². The predicted molar refractivity (Wildman–Crippen MR) is 219 cm³/mol. The van der Waals surface area contributed by atoms with Gasteiger partial charge in [0.25, 0.3) is 0 Å². The summed E-state index contributed by atoms with van der Waals surface area (Å²) in [6.45, 7) is 8.50. The van der Waals surface area contributed by atoms with E-state index < -0.39 is 101 Å². The number of hydrogen-bond acceptors (Lipinski definition) is 14. The van der Waals surface area contributed by atoms with Gasteiger partial charge in [-0.25, -0.2) is 9.59 Å². The van der Waals surface area contributed by atoms with E-state index >= 15 is 4.79 Å². The molecule has 0 unspecified atom stereocenters. The van der Waals surface area contributed by atoms with E-state index in [1.54, 1.807) is 58.9 Å². The molecule has 328 valence electrons. The first-order valence-corrected chi connectivity index (χ1v) is 20.9. The third-order valence-electron chi connectivity index (χ3n) is 12.0. The van der Waals surface area contributed by atoms with Crippen molar-refractivity contribution in [3.8, 4) is 0 Å². The smallest absolute Gasteiger partial charge is 0.348 e. The van der Waals surface area contributed by atoms with Gasteiger partial charge in [-0.1, -0.05) is 98.8 Å². The number of esters is 4. The van der Waals surface area contributed by atoms with Crippen molar-refractivity contribution >= 4 is 35.9 Å². The maximum absolute atomic E-state index is 15.0. The van der Waals surface area contributed by atoms with Crippen LogP contribution in [0.3, 0.4) is 0 Å². The Bertz CT molecular complexity index is 2180. The number of aliphatic hydroxyl groups excluding tert-OH is 1. The summed E-state index contributed by atoms with van der Waals surface area (Å²) in [5.74, 6) is -4.51. The van der Waals surface area contributed by atoms with E-state index in [1.165, 1.54) is 11.1 Å². The van der Waals surface area contributed by atoms with Crippen molar-refractivity contribution in [3.05, 3.63) is 113 Å². The van der Waals surface area contributed by atoms with Crippen molar-refractivity contribution in [2.45, 2.75) is 114 Å². The fourth-order valence-corrected chi connectivity index (χ4v) is 9.13. The number of carbonyl (C=O) groups excluding carboxylic acids is 5. The second kappa shape index (κ2) is 16.7. The van der Waals surface area contributed by atoms with E-state index in [1.807, 2.05) is 66.7 Å². The molecule has 0 aromatic heterocycles. The number of carbonyl (C=O) groups is 5. The zero-order chi connectivity index (χ0) is 44.0. The standard InChI is InChI=1S/C47H52N2O13/c1-44(2,3)59-35(52)22-20-32(26-50)48-43(55)46-24-33-36-37(61-47(60-36,30-15-8-6-9-16-30)31-17-10-7-11-18-31)39(46)62-49(38(46)41(53)57-33)25-29-14-12-13-28(23-29)19-21-34(51)58-40-42(54)56-27-45(40,4)5/h6-19,21,23,32-33,36-40,50H,20,22,24-27H2,1-5H3,(H,48,55)/t32-,33+,36-,37-,38-,39+,40-,46-/m0/s1. The van der Waals surface area contributed by atoms with E-state index in [9.17, 15) is 24.3 Å². The highest BCUT2D eigenvalue weighted by Gasteiger charge is 2.76. The Balaban J connectivity index is 1.10. The van der Waals surface area contributed by atoms with Gasteiger partial charge in [-0.2, -0.15) is 5.06 Å². The van der Waals surface area contributed by atoms with Crippen LogP contribution in [0.1, 0.15) is 76.1 Å². The highest BCUT2D eigenvalue weighted by Crippen LogP contribution is 2.59. The minimum absolute atomic E-state index is 0.00697. The molecule has 3 aromatic carbocycles. The molecule has 15 heteroatoms. The number of benzene rings is 3. The molecule has 2 bridgehead atoms. The maximum atomic E-state index is 15.0. The van der Waals surface area contributed by atoms with Crippen LogP contribution in [-0.4, -0.2) is 101 Å². The number of hydrogen-bond donors (Lipinski definition) is 2. The lowest BCUT2D eigenvalue weighted by atomic mass is 9.62. The molecule has 62 heavy (non-hydrogen) atoms. The van der Waals surface area contributed by atoms with Gasteiger partial charge in [0.2, 0.25) is 17.8 Å². The minimum atomic E-state index is -1.59. The quantitative estimate of drug-likeness (QED) is 0.141. The Morgan fingerprint density at radius 1 is 0.935 bits per heavy atom. The summed E-state index contributed by atoms with van der Waals surface area (Å²) in [4.78, 5) is 73.8. The third kappa shape index (κ3) is 8.15. The zero-order valence-electron chi connectivity index (χ0n) is 35.3. The van der Waals surface area contributed by atoms with Crippen molar-refractivity contribution in [1.29, 1.82) is 0 Å². The summed E-state index contributed by atoms with van der Waals surface area (Å²) in [5.41, 5.74) is -0.316. The first-order valence-electron chi connectivity index (χ1n) is 20.9. The van der Waals surface area contributed by atoms with Crippen molar-refractivity contribution in [3.63, 3.8) is 0 Å². The van der Waals surface area contributed by atoms with Gasteiger partial charge in [0.15, 0.2) is 6.04 Å². The van der Waals surface area contributed by atoms with Crippen molar-refractivity contribution in [2.75, 3.05) is 13.2 Å². The van der Waals surface area contributed by atoms with Gasteiger partial charge < -0.3 is 38.8 Å². The lowest BCUT2D eigenvalue weighted by Crippen LogP contribution is -2.70. The number of aliphatic hydroxyl groups is 1. The topological polar surface area (TPSA) is 185 Å². The van der Waals surface area contributed by atoms with Crippen molar-refractivity contribution < 1.29 is 62.3 Å². The van der Waals surface area contributed by atoms with Crippen LogP contribution < -0.4 is 5.32 Å². The first kappa shape index (κ1) is 43.2. The average Bonchev–Trinajstić information content (AvgIpc) is 3.90. The van der Waals surface area contributed by atoms with Crippen molar-refractivity contribution in [2.24, 2.45) is 10.8 Å². The molecule has 3 aromatic rings. The molecular weight excluding hydrogens is 801 g/mol. The van der Waals surface area contributed by atoms with Crippen LogP contribution in [-0.2, 0) is 69.6 Å². The molecule has 4 aliphatic heterocycles. The lowest BCUT2D eigenvalue weighted by molar-refractivity contribution is -0.213. The monoisotopic (exact) mass is 852 g/mol. The molecule has 15 nitrogen and oxygen atoms in total. The predicted octanol–water partition coefficient (Wildman–Crippen LogP) is 4.28. The third-order valence-corrected chi connectivity index (χ3v) is 12.0. The van der Waals surface area contributed by atoms with Crippen LogP contribution >= 0.6 is 0 Å². The largest absolute Gasteiger partial charge is 0.462 e. The molecule has 1 aliphatic carbocycles. The second-order valence-corrected chi connectivity index (χ2v) is 18.2. The summed E-state index contributed by atoms with van der Waals surface area (Å²) in [6, 6.07) is 23.8. The summed E-state index contributed by atoms with van der Waals surface area (Å²) >= 11 is 0. The number of nitrogens with one attached hydrogen (secondary N) is 1. The molecule has 4 saturated heterocycles. The number of ether oxygens (including phenoxy) is 6. The van der Waals surface area contributed by atoms with Gasteiger partial charge in [0, 0.05) is 35.5 Å². The minimum Gasteiger partial charge on any atom is -0.462 e. The number of hydroxylamine groups is 2. The maximum Gasteiger partial charge on any atom is 0.348 e. The molecule has 5 aliphatic rings. The Morgan fingerprint density at radius 3 is 2.24 bits per heavy atom. The van der Waals surface area contributed by atoms with Crippen LogP contribution in [0.15, 0.2) is 91.0 Å². The Hall–Kier alpha value is -5.45. The number of amides is 1. The molecule has 8 rings (SSSR count). The summed E-state index contributed by atoms with van der Waals surface area (Å²) in [7, 11) is 0. The summed E-state index contributed by atoms with van der Waals surface area (Å²) in [5, 5.41) is 14.9. The van der Waals surface area contributed by atoms with E-state index in [-0.39, 0.29) is 32.4 Å². The van der Waals surface area contributed by atoms with Crippen LogP contribution in [0.4, 0.5) is 0 Å². The molecule has 1 amide bonds. The van der Waals surface area contributed by atoms with Crippen molar-refractivity contribution in [1.82, 2.24) is 10.4 Å². The normalized spacial score (nSPS) is 28.7. The molecule has 0 spiro atoms. The lowest BCUT2D eigenvalue weighted by Gasteiger charge is -2.49. The number of nitrogens with zero attached hydrogens (tertiary/aromatic N) is 1. The molecule has 4 heterocycles. The van der Waals surface area contributed by atoms with Gasteiger partial charge in [0.1, 0.15) is 42.0 Å². The molecular formula is C47H52N2O13. The second-order valence-electron chi connectivity index (χ2n) is 18.2. The SMILES string of the molecule is CC(C)(C)OC(=O)CC[C@@H](CO)NC(=O)[C@@]12C[C@H]3OC(=O)[C@@H]1N(Cc1cccc(C=CC(=O)O[C@H]4C(=O)OCC4(C)C)c1)O[C@@H]2[C@H]1OC(c2ccccc2)(c2ccccc2)O[C@H]13. The van der Waals surface area contributed by atoms with E-state index in [0.29, 0.717) is 22.3 Å². The highest BCUT2D eigenvalue weighted by atomic mass is 16.8. The number of fused-ring (bicyclic) bond motifs is 4. The van der Waals surface area contributed by atoms with E-state index in [0.717, 1.165) is 0 Å². The molecule has 8 atom stereocenters. The Labute approximate surface area is 359 Å². The van der Waals surface area contributed by atoms with Gasteiger partial charge in [-0.15, -0.1) is 0 Å². The molecule has 0 radical (unpaired) electrons. The Morgan fingerprint density at radius 2 is 1.61 bits per heavy atom. The van der Waals surface area contributed by atoms with Crippen LogP contribution in [0, 0.1) is 10.8 Å². The van der Waals surface area contributed by atoms with Gasteiger partial charge in [-0.3, -0.25) is 19.2 Å². The Kier molecular flexibility index (Phi) is 11.6. The van der Waals surface area contributed by atoms with Crippen LogP contribution in [0.5, 0.6) is 0 Å². The highest BCUT2D eigenvalue weighted by molar-refractivity contribution is 5.94. The van der Waals surface area contributed by atoms with Crippen LogP contribution in [0.2, 0.25) is 0 Å². The average molecular weight is 853 g/mol. The fourth-order valence-electron chi connectivity index (χ4n) is 9.13. The first-order chi connectivity index (χ1) is 29.5. The molecule has 1 saturated carbocycles. The molecule has 2 N–H and O–H groups in total. The number of cyclic esters (lactones) is 1. The van der Waals surface area contributed by atoms with E-state index in [2.05, 4.69) is 5.32 Å².